The van der Waals surface area contributed by atoms with Crippen molar-refractivity contribution in [3.63, 3.8) is 0 Å². The maximum absolute atomic E-state index is 4.05. The van der Waals surface area contributed by atoms with Gasteiger partial charge in [0.1, 0.15) is 0 Å². The van der Waals surface area contributed by atoms with Crippen molar-refractivity contribution < 1.29 is 0 Å². The van der Waals surface area contributed by atoms with Crippen LogP contribution in [0.1, 0.15) is 11.3 Å². The van der Waals surface area contributed by atoms with Crippen molar-refractivity contribution in [1.82, 2.24) is 9.19 Å². The Morgan fingerprint density at radius 2 is 1.86 bits per heavy atom. The predicted octanol–water partition coefficient (Wildman–Crippen LogP) is 2.30. The molecule has 0 amide bonds. The van der Waals surface area contributed by atoms with Gasteiger partial charge in [-0.25, -0.2) is 0 Å². The Morgan fingerprint density at radius 3 is 2.43 bits per heavy atom. The Kier molecular flexibility index (Phi) is 3.06. The zero-order valence-electron chi connectivity index (χ0n) is 8.02. The molecule has 1 aromatic heterocycles. The first kappa shape index (κ1) is 9.96. The summed E-state index contributed by atoms with van der Waals surface area (Å²) in [5.74, 6) is 0. The van der Waals surface area contributed by atoms with Crippen molar-refractivity contribution in [2.24, 2.45) is 0 Å². The normalized spacial score (nSPS) is 10.4. The van der Waals surface area contributed by atoms with Gasteiger partial charge in [0.15, 0.2) is 0 Å². The van der Waals surface area contributed by atoms with Gasteiger partial charge in [0.2, 0.25) is 0 Å². The quantitative estimate of drug-likeness (QED) is 0.782. The molecule has 0 spiro atoms. The molecule has 0 saturated carbocycles. The van der Waals surface area contributed by atoms with E-state index in [1.165, 1.54) is 14.2 Å². The molecule has 2 aromatic rings. The first-order valence-electron chi connectivity index (χ1n) is 4.29. The van der Waals surface area contributed by atoms with Crippen LogP contribution in [0.15, 0.2) is 32.9 Å². The van der Waals surface area contributed by atoms with Gasteiger partial charge in [-0.1, -0.05) is 0 Å². The third-order valence-electron chi connectivity index (χ3n) is 1.84. The summed E-state index contributed by atoms with van der Waals surface area (Å²) < 4.78 is 5.37. The third kappa shape index (κ3) is 2.26. The summed E-state index contributed by atoms with van der Waals surface area (Å²) in [5, 5.41) is 4.04. The molecule has 2 nitrogen and oxygen atoms in total. The Hall–Kier alpha value is -0.571. The van der Waals surface area contributed by atoms with Crippen molar-refractivity contribution in [1.29, 1.82) is 0 Å². The molecule has 0 fully saturated rings. The first-order valence-corrected chi connectivity index (χ1v) is 6.73. The van der Waals surface area contributed by atoms with Crippen LogP contribution in [0.5, 0.6) is 0 Å². The molecule has 0 aliphatic rings. The zero-order chi connectivity index (χ0) is 9.97. The van der Waals surface area contributed by atoms with Crippen LogP contribution >= 0.6 is 11.8 Å². The number of nitrogens with zero attached hydrogens (tertiary/aromatic N) is 2. The van der Waals surface area contributed by atoms with E-state index in [0.29, 0.717) is 0 Å². The van der Waals surface area contributed by atoms with Crippen LogP contribution < -0.4 is 0 Å². The van der Waals surface area contributed by atoms with Gasteiger partial charge in [0.05, 0.1) is 0 Å². The van der Waals surface area contributed by atoms with Crippen LogP contribution in [0, 0.1) is 13.8 Å². The number of aryl methyl sites for hydroxylation is 2. The van der Waals surface area contributed by atoms with Gasteiger partial charge in [-0.2, -0.15) is 0 Å². The van der Waals surface area contributed by atoms with Gasteiger partial charge in [-0.3, -0.25) is 0 Å². The van der Waals surface area contributed by atoms with Gasteiger partial charge in [-0.05, 0) is 0 Å². The van der Waals surface area contributed by atoms with E-state index in [1.54, 1.807) is 11.8 Å². The number of benzene rings is 1. The van der Waals surface area contributed by atoms with E-state index < -0.39 is 0 Å². The second kappa shape index (κ2) is 4.30. The molecule has 1 heterocycles. The standard InChI is InChI=1S/C10H10N2SSe/c1-7-3-5-9(6-4-7)13-10-8(2)11-12-14-10/h3-6H,1-2H3. The monoisotopic (exact) mass is 270 g/mol. The summed E-state index contributed by atoms with van der Waals surface area (Å²) in [4.78, 5) is 1.28. The summed E-state index contributed by atoms with van der Waals surface area (Å²) >= 11 is 2.00. The van der Waals surface area contributed by atoms with Crippen molar-refractivity contribution in [2.45, 2.75) is 22.5 Å². The van der Waals surface area contributed by atoms with Crippen LogP contribution in [0.3, 0.4) is 0 Å². The molecule has 0 unspecified atom stereocenters. The predicted molar refractivity (Wildman–Crippen MR) is 59.0 cm³/mol. The minimum absolute atomic E-state index is 0.208. The average molecular weight is 269 g/mol. The van der Waals surface area contributed by atoms with E-state index in [-0.39, 0.29) is 14.7 Å². The SMILES string of the molecule is Cc1ccc(Sc2[se]nnc2C)cc1. The molecule has 2 rings (SSSR count). The molecule has 0 radical (unpaired) electrons. The van der Waals surface area contributed by atoms with E-state index in [4.69, 9.17) is 0 Å². The molecule has 14 heavy (non-hydrogen) atoms. The van der Waals surface area contributed by atoms with Crippen molar-refractivity contribution >= 4 is 26.5 Å². The van der Waals surface area contributed by atoms with Gasteiger partial charge in [-0.15, -0.1) is 0 Å². The summed E-state index contributed by atoms with van der Waals surface area (Å²) in [6.45, 7) is 4.12. The van der Waals surface area contributed by atoms with E-state index in [0.717, 1.165) is 5.69 Å². The molecule has 4 heteroatoms. The molecular weight excluding hydrogens is 259 g/mol. The second-order valence-corrected chi connectivity index (χ2v) is 6.31. The molecule has 72 valence electrons. The van der Waals surface area contributed by atoms with Crippen molar-refractivity contribution in [3.05, 3.63) is 35.5 Å². The molecule has 0 aliphatic carbocycles. The fourth-order valence-corrected chi connectivity index (χ4v) is 3.62. The van der Waals surface area contributed by atoms with Crippen LogP contribution in [0.2, 0.25) is 0 Å². The van der Waals surface area contributed by atoms with Crippen LogP contribution in [0.25, 0.3) is 0 Å². The average Bonchev–Trinajstić information content (AvgIpc) is 2.56. The molecule has 0 N–H and O–H groups in total. The van der Waals surface area contributed by atoms with Crippen LogP contribution in [-0.4, -0.2) is 23.9 Å². The Bertz CT molecular complexity index is 422. The summed E-state index contributed by atoms with van der Waals surface area (Å²) in [5.41, 5.74) is 2.38. The number of rotatable bonds is 2. The fourth-order valence-electron chi connectivity index (χ4n) is 1.03. The first-order chi connectivity index (χ1) is 6.75. The third-order valence-corrected chi connectivity index (χ3v) is 5.05. The van der Waals surface area contributed by atoms with E-state index in [9.17, 15) is 0 Å². The topological polar surface area (TPSA) is 25.8 Å². The minimum atomic E-state index is 0.208. The number of hydrogen-bond donors (Lipinski definition) is 0. The number of hydrogen-bond acceptors (Lipinski definition) is 3. The van der Waals surface area contributed by atoms with Crippen LogP contribution in [-0.2, 0) is 0 Å². The molecule has 0 aliphatic heterocycles. The maximum atomic E-state index is 4.05. The van der Waals surface area contributed by atoms with E-state index >= 15 is 0 Å². The zero-order valence-corrected chi connectivity index (χ0v) is 10.5. The van der Waals surface area contributed by atoms with Gasteiger partial charge in [0, 0.05) is 0 Å². The summed E-state index contributed by atoms with van der Waals surface area (Å²) in [6, 6.07) is 8.56. The van der Waals surface area contributed by atoms with Gasteiger partial charge in [0.25, 0.3) is 0 Å². The van der Waals surface area contributed by atoms with E-state index in [1.807, 2.05) is 6.92 Å². The molecule has 0 bridgehead atoms. The van der Waals surface area contributed by atoms with Crippen LogP contribution in [0.4, 0.5) is 0 Å². The molecule has 0 saturated heterocycles. The van der Waals surface area contributed by atoms with Crippen molar-refractivity contribution in [3.8, 4) is 0 Å². The summed E-state index contributed by atoms with van der Waals surface area (Å²) in [6.07, 6.45) is 0. The van der Waals surface area contributed by atoms with E-state index in [2.05, 4.69) is 40.4 Å². The Morgan fingerprint density at radius 1 is 1.14 bits per heavy atom. The molecule has 1 aromatic carbocycles. The summed E-state index contributed by atoms with van der Waals surface area (Å²) in [7, 11) is 0. The van der Waals surface area contributed by atoms with Crippen molar-refractivity contribution in [2.75, 3.05) is 0 Å². The van der Waals surface area contributed by atoms with Gasteiger partial charge < -0.3 is 0 Å². The number of aromatic nitrogens is 2. The molecular formula is C10H10N2SSe. The second-order valence-electron chi connectivity index (χ2n) is 3.06. The van der Waals surface area contributed by atoms with Gasteiger partial charge >= 0.3 is 93.7 Å². The fraction of sp³-hybridized carbons (Fsp3) is 0.200. The molecule has 0 atom stereocenters. The Labute approximate surface area is 93.7 Å². The Balaban J connectivity index is 2.19.